The first-order valence-corrected chi connectivity index (χ1v) is 7.55. The van der Waals surface area contributed by atoms with Gasteiger partial charge in [-0.3, -0.25) is 4.79 Å². The summed E-state index contributed by atoms with van der Waals surface area (Å²) >= 11 is 0. The molecule has 1 aromatic carbocycles. The van der Waals surface area contributed by atoms with E-state index >= 15 is 0 Å². The summed E-state index contributed by atoms with van der Waals surface area (Å²) in [7, 11) is 1.81. The van der Waals surface area contributed by atoms with E-state index in [2.05, 4.69) is 29.5 Å². The lowest BCUT2D eigenvalue weighted by Gasteiger charge is -2.14. The monoisotopic (exact) mass is 285 g/mol. The fraction of sp³-hybridized carbons (Fsp3) is 0.412. The normalized spacial score (nSPS) is 10.9. The molecule has 0 saturated carbocycles. The number of fused-ring (bicyclic) bond motifs is 1. The number of hydrogen-bond donors (Lipinski definition) is 2. The molecule has 0 saturated heterocycles. The Kier molecular flexibility index (Phi) is 5.14. The second-order valence-electron chi connectivity index (χ2n) is 5.21. The molecule has 0 bridgehead atoms. The number of nitrogens with zero attached hydrogens (tertiary/aromatic N) is 1. The van der Waals surface area contributed by atoms with E-state index in [0.29, 0.717) is 17.3 Å². The molecule has 21 heavy (non-hydrogen) atoms. The van der Waals surface area contributed by atoms with Crippen LogP contribution in [0.1, 0.15) is 37.0 Å². The lowest BCUT2D eigenvalue weighted by atomic mass is 10.0. The quantitative estimate of drug-likeness (QED) is 0.854. The Labute approximate surface area is 126 Å². The molecular formula is C17H23N3O. The van der Waals surface area contributed by atoms with Crippen molar-refractivity contribution in [2.75, 3.05) is 18.9 Å². The van der Waals surface area contributed by atoms with Crippen LogP contribution in [-0.2, 0) is 0 Å². The van der Waals surface area contributed by atoms with E-state index in [1.165, 1.54) is 0 Å². The first kappa shape index (κ1) is 15.3. The largest absolute Gasteiger partial charge is 0.373 e. The smallest absolute Gasteiger partial charge is 0.252 e. The van der Waals surface area contributed by atoms with Gasteiger partial charge in [0.25, 0.3) is 5.91 Å². The Balaban J connectivity index is 2.29. The van der Waals surface area contributed by atoms with Crippen LogP contribution in [-0.4, -0.2) is 24.5 Å². The Hall–Kier alpha value is -2.10. The third kappa shape index (κ3) is 3.51. The predicted octanol–water partition coefficient (Wildman–Crippen LogP) is 3.44. The van der Waals surface area contributed by atoms with Gasteiger partial charge in [0.15, 0.2) is 0 Å². The van der Waals surface area contributed by atoms with Crippen LogP contribution in [0.2, 0.25) is 0 Å². The van der Waals surface area contributed by atoms with Gasteiger partial charge in [-0.2, -0.15) is 0 Å². The standard InChI is InChI=1S/C17H23N3O/c1-4-12(5-2)11-19-17(21)14-10-16(18-3)20-15-9-7-6-8-13(14)15/h6-10,12H,4-5,11H2,1-3H3,(H,18,20)(H,19,21). The van der Waals surface area contributed by atoms with Crippen LogP contribution in [0.3, 0.4) is 0 Å². The topological polar surface area (TPSA) is 54.0 Å². The zero-order chi connectivity index (χ0) is 15.2. The predicted molar refractivity (Wildman–Crippen MR) is 87.7 cm³/mol. The molecule has 2 N–H and O–H groups in total. The third-order valence-electron chi connectivity index (χ3n) is 3.92. The highest BCUT2D eigenvalue weighted by atomic mass is 16.1. The van der Waals surface area contributed by atoms with Crippen molar-refractivity contribution >= 4 is 22.6 Å². The number of anilines is 1. The van der Waals surface area contributed by atoms with Gasteiger partial charge in [0, 0.05) is 19.0 Å². The first-order chi connectivity index (χ1) is 10.2. The number of benzene rings is 1. The molecule has 0 fully saturated rings. The molecule has 2 aromatic rings. The summed E-state index contributed by atoms with van der Waals surface area (Å²) in [6.07, 6.45) is 2.16. The molecule has 0 aliphatic carbocycles. The number of carbonyl (C=O) groups is 1. The van der Waals surface area contributed by atoms with E-state index in [-0.39, 0.29) is 5.91 Å². The maximum absolute atomic E-state index is 12.5. The Morgan fingerprint density at radius 2 is 1.95 bits per heavy atom. The fourth-order valence-corrected chi connectivity index (χ4v) is 2.40. The van der Waals surface area contributed by atoms with E-state index in [1.54, 1.807) is 0 Å². The van der Waals surface area contributed by atoms with Gasteiger partial charge in [-0.1, -0.05) is 44.9 Å². The number of rotatable bonds is 6. The van der Waals surface area contributed by atoms with Crippen molar-refractivity contribution in [2.45, 2.75) is 26.7 Å². The molecule has 4 nitrogen and oxygen atoms in total. The van der Waals surface area contributed by atoms with E-state index in [1.807, 2.05) is 37.4 Å². The highest BCUT2D eigenvalue weighted by Crippen LogP contribution is 2.20. The van der Waals surface area contributed by atoms with Crippen molar-refractivity contribution in [3.05, 3.63) is 35.9 Å². The molecular weight excluding hydrogens is 262 g/mol. The van der Waals surface area contributed by atoms with Gasteiger partial charge in [0.2, 0.25) is 0 Å². The summed E-state index contributed by atoms with van der Waals surface area (Å²) in [4.78, 5) is 17.0. The lowest BCUT2D eigenvalue weighted by molar-refractivity contribution is 0.0948. The molecule has 0 radical (unpaired) electrons. The molecule has 4 heteroatoms. The van der Waals surface area contributed by atoms with Crippen LogP contribution in [0.4, 0.5) is 5.82 Å². The molecule has 1 aromatic heterocycles. The van der Waals surface area contributed by atoms with Crippen LogP contribution in [0.5, 0.6) is 0 Å². The summed E-state index contributed by atoms with van der Waals surface area (Å²) < 4.78 is 0. The molecule has 0 unspecified atom stereocenters. The number of amides is 1. The van der Waals surface area contributed by atoms with E-state index in [4.69, 9.17) is 0 Å². The molecule has 112 valence electrons. The highest BCUT2D eigenvalue weighted by Gasteiger charge is 2.13. The number of nitrogens with one attached hydrogen (secondary N) is 2. The lowest BCUT2D eigenvalue weighted by Crippen LogP contribution is -2.29. The molecule has 0 spiro atoms. The minimum absolute atomic E-state index is 0.0306. The summed E-state index contributed by atoms with van der Waals surface area (Å²) in [5.41, 5.74) is 1.51. The number of pyridine rings is 1. The van der Waals surface area contributed by atoms with Crippen LogP contribution in [0, 0.1) is 5.92 Å². The van der Waals surface area contributed by atoms with E-state index in [9.17, 15) is 4.79 Å². The molecule has 0 atom stereocenters. The second kappa shape index (κ2) is 7.07. The average Bonchev–Trinajstić information content (AvgIpc) is 2.54. The third-order valence-corrected chi connectivity index (χ3v) is 3.92. The summed E-state index contributed by atoms with van der Waals surface area (Å²) in [6, 6.07) is 9.54. The number of carbonyl (C=O) groups excluding carboxylic acids is 1. The maximum Gasteiger partial charge on any atom is 0.252 e. The van der Waals surface area contributed by atoms with Gasteiger partial charge in [0.1, 0.15) is 5.82 Å². The fourth-order valence-electron chi connectivity index (χ4n) is 2.40. The number of para-hydroxylation sites is 1. The molecule has 1 heterocycles. The zero-order valence-corrected chi connectivity index (χ0v) is 12.9. The molecule has 0 aliphatic rings. The van der Waals surface area contributed by atoms with E-state index in [0.717, 1.165) is 30.3 Å². The Morgan fingerprint density at radius 3 is 2.62 bits per heavy atom. The minimum Gasteiger partial charge on any atom is -0.373 e. The van der Waals surface area contributed by atoms with Crippen molar-refractivity contribution in [1.29, 1.82) is 0 Å². The van der Waals surface area contributed by atoms with E-state index < -0.39 is 0 Å². The maximum atomic E-state index is 12.5. The van der Waals surface area contributed by atoms with Crippen molar-refractivity contribution in [3.63, 3.8) is 0 Å². The Bertz CT molecular complexity index is 620. The number of hydrogen-bond acceptors (Lipinski definition) is 3. The van der Waals surface area contributed by atoms with Crippen LogP contribution in [0.15, 0.2) is 30.3 Å². The number of aromatic nitrogens is 1. The SMILES string of the molecule is CCC(CC)CNC(=O)c1cc(NC)nc2ccccc12. The minimum atomic E-state index is -0.0306. The van der Waals surface area contributed by atoms with Gasteiger partial charge in [-0.15, -0.1) is 0 Å². The summed E-state index contributed by atoms with van der Waals surface area (Å²) in [5.74, 6) is 1.21. The highest BCUT2D eigenvalue weighted by molar-refractivity contribution is 6.06. The molecule has 1 amide bonds. The van der Waals surface area contributed by atoms with Gasteiger partial charge >= 0.3 is 0 Å². The van der Waals surface area contributed by atoms with Gasteiger partial charge in [0.05, 0.1) is 11.1 Å². The van der Waals surface area contributed by atoms with Crippen molar-refractivity contribution in [1.82, 2.24) is 10.3 Å². The molecule has 0 aliphatic heterocycles. The first-order valence-electron chi connectivity index (χ1n) is 7.55. The van der Waals surface area contributed by atoms with Gasteiger partial charge < -0.3 is 10.6 Å². The second-order valence-corrected chi connectivity index (χ2v) is 5.21. The summed E-state index contributed by atoms with van der Waals surface area (Å²) in [6.45, 7) is 5.03. The van der Waals surface area contributed by atoms with Crippen LogP contribution in [0.25, 0.3) is 10.9 Å². The summed E-state index contributed by atoms with van der Waals surface area (Å²) in [5, 5.41) is 6.95. The zero-order valence-electron chi connectivity index (χ0n) is 12.9. The average molecular weight is 285 g/mol. The van der Waals surface area contributed by atoms with Crippen LogP contribution < -0.4 is 10.6 Å². The van der Waals surface area contributed by atoms with Crippen molar-refractivity contribution < 1.29 is 4.79 Å². The van der Waals surface area contributed by atoms with Gasteiger partial charge in [-0.05, 0) is 18.1 Å². The van der Waals surface area contributed by atoms with Gasteiger partial charge in [-0.25, -0.2) is 4.98 Å². The van der Waals surface area contributed by atoms with Crippen molar-refractivity contribution in [3.8, 4) is 0 Å². The molecule has 2 rings (SSSR count). The Morgan fingerprint density at radius 1 is 1.24 bits per heavy atom. The van der Waals surface area contributed by atoms with Crippen LogP contribution >= 0.6 is 0 Å². The van der Waals surface area contributed by atoms with Crippen molar-refractivity contribution in [2.24, 2.45) is 5.92 Å².